The van der Waals surface area contributed by atoms with Crippen LogP contribution in [0.4, 0.5) is 10.1 Å². The number of carbonyl (C=O) groups is 1. The minimum Gasteiger partial charge on any atom is -0.508 e. The van der Waals surface area contributed by atoms with Crippen molar-refractivity contribution in [3.05, 3.63) is 72.0 Å². The quantitative estimate of drug-likeness (QED) is 0.747. The molecule has 0 fully saturated rings. The van der Waals surface area contributed by atoms with Gasteiger partial charge in [0.05, 0.1) is 0 Å². The number of nitrogens with one attached hydrogen (secondary N) is 1. The van der Waals surface area contributed by atoms with Crippen molar-refractivity contribution in [2.45, 2.75) is 0 Å². The van der Waals surface area contributed by atoms with Gasteiger partial charge in [0, 0.05) is 16.6 Å². The molecule has 3 rings (SSSR count). The average molecular weight is 281 g/mol. The van der Waals surface area contributed by atoms with E-state index in [1.807, 2.05) is 6.07 Å². The smallest absolute Gasteiger partial charge is 0.255 e. The van der Waals surface area contributed by atoms with Gasteiger partial charge in [0.25, 0.3) is 5.91 Å². The van der Waals surface area contributed by atoms with E-state index >= 15 is 0 Å². The molecule has 0 atom stereocenters. The Hall–Kier alpha value is -2.88. The van der Waals surface area contributed by atoms with Crippen LogP contribution in [0.15, 0.2) is 60.7 Å². The van der Waals surface area contributed by atoms with Crippen LogP contribution in [-0.2, 0) is 0 Å². The van der Waals surface area contributed by atoms with E-state index in [0.717, 1.165) is 10.8 Å². The third-order valence-electron chi connectivity index (χ3n) is 3.20. The third-order valence-corrected chi connectivity index (χ3v) is 3.20. The number of phenols is 1. The van der Waals surface area contributed by atoms with Gasteiger partial charge in [-0.05, 0) is 47.9 Å². The molecule has 3 aromatic rings. The molecule has 0 saturated heterocycles. The zero-order valence-corrected chi connectivity index (χ0v) is 11.0. The fourth-order valence-corrected chi connectivity index (χ4v) is 2.20. The Morgan fingerprint density at radius 3 is 2.62 bits per heavy atom. The van der Waals surface area contributed by atoms with Crippen molar-refractivity contribution in [1.29, 1.82) is 0 Å². The summed E-state index contributed by atoms with van der Waals surface area (Å²) in [5.74, 6) is -0.670. The number of anilines is 1. The van der Waals surface area contributed by atoms with Crippen LogP contribution in [0.1, 0.15) is 10.4 Å². The van der Waals surface area contributed by atoms with Crippen LogP contribution in [0.2, 0.25) is 0 Å². The number of aromatic hydroxyl groups is 1. The summed E-state index contributed by atoms with van der Waals surface area (Å²) in [4.78, 5) is 12.1. The molecule has 0 aromatic heterocycles. The summed E-state index contributed by atoms with van der Waals surface area (Å²) in [6.07, 6.45) is 0. The molecule has 0 radical (unpaired) electrons. The lowest BCUT2D eigenvalue weighted by Crippen LogP contribution is -2.12. The zero-order chi connectivity index (χ0) is 14.8. The van der Waals surface area contributed by atoms with Crippen LogP contribution in [0.3, 0.4) is 0 Å². The minimum atomic E-state index is -0.453. The van der Waals surface area contributed by atoms with Gasteiger partial charge in [-0.2, -0.15) is 0 Å². The van der Waals surface area contributed by atoms with Gasteiger partial charge in [0.1, 0.15) is 11.6 Å². The number of amides is 1. The van der Waals surface area contributed by atoms with Gasteiger partial charge in [-0.1, -0.05) is 18.2 Å². The molecule has 0 unspecified atom stereocenters. The van der Waals surface area contributed by atoms with Crippen LogP contribution in [-0.4, -0.2) is 11.0 Å². The highest BCUT2D eigenvalue weighted by atomic mass is 19.1. The summed E-state index contributed by atoms with van der Waals surface area (Å²) >= 11 is 0. The second-order valence-electron chi connectivity index (χ2n) is 4.68. The summed E-state index contributed by atoms with van der Waals surface area (Å²) in [6, 6.07) is 15.8. The van der Waals surface area contributed by atoms with E-state index in [2.05, 4.69) is 5.32 Å². The molecule has 4 heteroatoms. The lowest BCUT2D eigenvalue weighted by molar-refractivity contribution is 0.102. The molecule has 3 aromatic carbocycles. The molecule has 0 bridgehead atoms. The summed E-state index contributed by atoms with van der Waals surface area (Å²) in [5, 5.41) is 13.9. The number of phenolic OH excluding ortho intramolecular Hbond substituents is 1. The maximum atomic E-state index is 13.2. The van der Waals surface area contributed by atoms with Crippen molar-refractivity contribution >= 4 is 22.4 Å². The minimum absolute atomic E-state index is 0.163. The maximum absolute atomic E-state index is 13.2. The molecular weight excluding hydrogens is 269 g/mol. The monoisotopic (exact) mass is 281 g/mol. The van der Waals surface area contributed by atoms with Crippen LogP contribution < -0.4 is 5.32 Å². The topological polar surface area (TPSA) is 49.3 Å². The van der Waals surface area contributed by atoms with Crippen LogP contribution >= 0.6 is 0 Å². The van der Waals surface area contributed by atoms with E-state index in [0.29, 0.717) is 5.69 Å². The fraction of sp³-hybridized carbons (Fsp3) is 0. The highest BCUT2D eigenvalue weighted by Crippen LogP contribution is 2.26. The Kier molecular flexibility index (Phi) is 3.28. The standard InChI is InChI=1S/C17H12FNO2/c18-13-5-1-4-12(9-13)17(21)19-16-6-2-3-11-10-14(20)7-8-15(11)16/h1-10,20H,(H,19,21). The molecular formula is C17H12FNO2. The molecule has 2 N–H and O–H groups in total. The number of fused-ring (bicyclic) bond motifs is 1. The number of halogens is 1. The molecule has 0 heterocycles. The number of benzene rings is 3. The van der Waals surface area contributed by atoms with Gasteiger partial charge in [-0.3, -0.25) is 4.79 Å². The van der Waals surface area contributed by atoms with Crippen LogP contribution in [0.5, 0.6) is 5.75 Å². The fourth-order valence-electron chi connectivity index (χ4n) is 2.20. The first-order valence-corrected chi connectivity index (χ1v) is 6.42. The number of hydrogen-bond acceptors (Lipinski definition) is 2. The number of rotatable bonds is 2. The molecule has 0 aliphatic carbocycles. The molecule has 0 spiro atoms. The molecule has 0 aliphatic rings. The van der Waals surface area contributed by atoms with E-state index in [1.165, 1.54) is 18.2 Å². The van der Waals surface area contributed by atoms with Gasteiger partial charge in [-0.25, -0.2) is 4.39 Å². The number of carbonyl (C=O) groups excluding carboxylic acids is 1. The van der Waals surface area contributed by atoms with Gasteiger partial charge in [0.15, 0.2) is 0 Å². The van der Waals surface area contributed by atoms with Gasteiger partial charge in [0.2, 0.25) is 0 Å². The lowest BCUT2D eigenvalue weighted by atomic mass is 10.1. The molecule has 104 valence electrons. The first-order chi connectivity index (χ1) is 10.1. The first-order valence-electron chi connectivity index (χ1n) is 6.42. The van der Waals surface area contributed by atoms with E-state index in [4.69, 9.17) is 0 Å². The summed E-state index contributed by atoms with van der Waals surface area (Å²) in [5.41, 5.74) is 0.868. The Bertz CT molecular complexity index is 830. The Morgan fingerprint density at radius 1 is 1.00 bits per heavy atom. The number of hydrogen-bond donors (Lipinski definition) is 2. The summed E-state index contributed by atoms with van der Waals surface area (Å²) in [7, 11) is 0. The highest BCUT2D eigenvalue weighted by molar-refractivity contribution is 6.09. The van der Waals surface area contributed by atoms with Gasteiger partial charge < -0.3 is 10.4 Å². The van der Waals surface area contributed by atoms with Crippen molar-refractivity contribution in [3.8, 4) is 5.75 Å². The van der Waals surface area contributed by atoms with Gasteiger partial charge >= 0.3 is 0 Å². The molecule has 1 amide bonds. The van der Waals surface area contributed by atoms with E-state index in [9.17, 15) is 14.3 Å². The molecule has 21 heavy (non-hydrogen) atoms. The summed E-state index contributed by atoms with van der Waals surface area (Å²) in [6.45, 7) is 0. The van der Waals surface area contributed by atoms with Crippen molar-refractivity contribution in [2.24, 2.45) is 0 Å². The van der Waals surface area contributed by atoms with Crippen molar-refractivity contribution in [1.82, 2.24) is 0 Å². The first kappa shape index (κ1) is 13.1. The summed E-state index contributed by atoms with van der Waals surface area (Å²) < 4.78 is 13.2. The SMILES string of the molecule is O=C(Nc1cccc2cc(O)ccc12)c1cccc(F)c1. The van der Waals surface area contributed by atoms with E-state index < -0.39 is 5.82 Å². The van der Waals surface area contributed by atoms with Crippen LogP contribution in [0.25, 0.3) is 10.8 Å². The van der Waals surface area contributed by atoms with Crippen molar-refractivity contribution < 1.29 is 14.3 Å². The zero-order valence-electron chi connectivity index (χ0n) is 11.0. The second kappa shape index (κ2) is 5.25. The van der Waals surface area contributed by atoms with Gasteiger partial charge in [-0.15, -0.1) is 0 Å². The van der Waals surface area contributed by atoms with E-state index in [-0.39, 0.29) is 17.2 Å². The lowest BCUT2D eigenvalue weighted by Gasteiger charge is -2.09. The third kappa shape index (κ3) is 2.69. The Balaban J connectivity index is 1.96. The van der Waals surface area contributed by atoms with Crippen LogP contribution in [0, 0.1) is 5.82 Å². The Morgan fingerprint density at radius 2 is 1.81 bits per heavy atom. The largest absolute Gasteiger partial charge is 0.508 e. The normalized spacial score (nSPS) is 10.5. The van der Waals surface area contributed by atoms with E-state index in [1.54, 1.807) is 36.4 Å². The Labute approximate surface area is 120 Å². The average Bonchev–Trinajstić information content (AvgIpc) is 2.47. The highest BCUT2D eigenvalue weighted by Gasteiger charge is 2.09. The molecule has 0 aliphatic heterocycles. The van der Waals surface area contributed by atoms with Crippen molar-refractivity contribution in [2.75, 3.05) is 5.32 Å². The second-order valence-corrected chi connectivity index (χ2v) is 4.68. The maximum Gasteiger partial charge on any atom is 0.255 e. The predicted molar refractivity (Wildman–Crippen MR) is 80.0 cm³/mol. The molecule has 3 nitrogen and oxygen atoms in total. The van der Waals surface area contributed by atoms with Crippen molar-refractivity contribution in [3.63, 3.8) is 0 Å². The molecule has 0 saturated carbocycles. The predicted octanol–water partition coefficient (Wildman–Crippen LogP) is 3.94.